The molecule has 1 saturated heterocycles. The average molecular weight is 539 g/mol. The van der Waals surface area contributed by atoms with Crippen LogP contribution in [0.1, 0.15) is 33.2 Å². The van der Waals surface area contributed by atoms with Crippen LogP contribution in [0.15, 0.2) is 77.8 Å². The SMILES string of the molecule is CC(C)(C)OC(=O)N1CC[C@@H](n2c(-c3ncco3)c(-c3ccc(Oc4ccccc4)cc3)c3c(N)ncnc32)C1. The number of hydrogen-bond donors (Lipinski definition) is 1. The van der Waals surface area contributed by atoms with E-state index in [1.54, 1.807) is 11.1 Å². The van der Waals surface area contributed by atoms with Gasteiger partial charge in [-0.15, -0.1) is 0 Å². The first kappa shape index (κ1) is 25.4. The third-order valence-electron chi connectivity index (χ3n) is 6.75. The summed E-state index contributed by atoms with van der Waals surface area (Å²) in [4.78, 5) is 28.0. The van der Waals surface area contributed by atoms with Crippen LogP contribution in [0.5, 0.6) is 11.5 Å². The highest BCUT2D eigenvalue weighted by Gasteiger charge is 2.35. The van der Waals surface area contributed by atoms with Gasteiger partial charge in [0.25, 0.3) is 0 Å². The molecule has 10 heteroatoms. The van der Waals surface area contributed by atoms with Gasteiger partial charge in [0.05, 0.1) is 17.6 Å². The lowest BCUT2D eigenvalue weighted by molar-refractivity contribution is 0.0289. The molecule has 40 heavy (non-hydrogen) atoms. The molecular formula is C30H30N6O4. The van der Waals surface area contributed by atoms with Crippen LogP contribution in [0.25, 0.3) is 33.7 Å². The first-order valence-electron chi connectivity index (χ1n) is 13.1. The van der Waals surface area contributed by atoms with Crippen molar-refractivity contribution in [2.24, 2.45) is 0 Å². The summed E-state index contributed by atoms with van der Waals surface area (Å²) in [6, 6.07) is 17.3. The highest BCUT2D eigenvalue weighted by Crippen LogP contribution is 2.45. The number of nitrogens with two attached hydrogens (primary N) is 1. The van der Waals surface area contributed by atoms with Crippen molar-refractivity contribution < 1.29 is 18.7 Å². The fourth-order valence-electron chi connectivity index (χ4n) is 5.10. The van der Waals surface area contributed by atoms with Crippen molar-refractivity contribution >= 4 is 22.9 Å². The van der Waals surface area contributed by atoms with Gasteiger partial charge >= 0.3 is 6.09 Å². The number of amides is 1. The second-order valence-corrected chi connectivity index (χ2v) is 10.7. The average Bonchev–Trinajstić information content (AvgIpc) is 3.68. The Hall–Kier alpha value is -4.86. The Labute approximate surface area is 231 Å². The Kier molecular flexibility index (Phi) is 6.37. The van der Waals surface area contributed by atoms with Gasteiger partial charge in [-0.05, 0) is 57.0 Å². The number of ether oxygens (including phenoxy) is 2. The molecule has 10 nitrogen and oxygen atoms in total. The minimum absolute atomic E-state index is 0.111. The molecule has 0 spiro atoms. The molecule has 1 aliphatic heterocycles. The van der Waals surface area contributed by atoms with Crippen molar-refractivity contribution in [3.63, 3.8) is 0 Å². The van der Waals surface area contributed by atoms with E-state index in [-0.39, 0.29) is 12.1 Å². The molecule has 2 N–H and O–H groups in total. The summed E-state index contributed by atoms with van der Waals surface area (Å²) in [6.45, 7) is 6.58. The lowest BCUT2D eigenvalue weighted by Crippen LogP contribution is -2.35. The van der Waals surface area contributed by atoms with Crippen LogP contribution in [0.4, 0.5) is 10.6 Å². The van der Waals surface area contributed by atoms with E-state index < -0.39 is 5.60 Å². The molecule has 4 heterocycles. The van der Waals surface area contributed by atoms with Crippen LogP contribution in [-0.4, -0.2) is 49.2 Å². The number of hydrogen-bond acceptors (Lipinski definition) is 8. The predicted octanol–water partition coefficient (Wildman–Crippen LogP) is 6.31. The molecule has 0 aliphatic carbocycles. The fourth-order valence-corrected chi connectivity index (χ4v) is 5.10. The van der Waals surface area contributed by atoms with Gasteiger partial charge in [0.2, 0.25) is 5.89 Å². The molecule has 1 aliphatic rings. The number of benzene rings is 2. The summed E-state index contributed by atoms with van der Waals surface area (Å²) >= 11 is 0. The van der Waals surface area contributed by atoms with Gasteiger partial charge in [-0.2, -0.15) is 0 Å². The Bertz CT molecular complexity index is 1640. The van der Waals surface area contributed by atoms with Crippen molar-refractivity contribution in [1.82, 2.24) is 24.4 Å². The van der Waals surface area contributed by atoms with Gasteiger partial charge in [-0.25, -0.2) is 19.7 Å². The topological polar surface area (TPSA) is 122 Å². The first-order chi connectivity index (χ1) is 19.3. The van der Waals surface area contributed by atoms with E-state index in [4.69, 9.17) is 19.6 Å². The summed E-state index contributed by atoms with van der Waals surface area (Å²) in [5.41, 5.74) is 8.95. The number of rotatable bonds is 5. The molecule has 204 valence electrons. The molecule has 0 radical (unpaired) electrons. The van der Waals surface area contributed by atoms with E-state index in [9.17, 15) is 4.79 Å². The van der Waals surface area contributed by atoms with Gasteiger partial charge in [0.15, 0.2) is 0 Å². The van der Waals surface area contributed by atoms with Crippen LogP contribution < -0.4 is 10.5 Å². The normalized spacial score (nSPS) is 15.5. The molecule has 5 aromatic rings. The zero-order valence-corrected chi connectivity index (χ0v) is 22.6. The highest BCUT2D eigenvalue weighted by atomic mass is 16.6. The van der Waals surface area contributed by atoms with Gasteiger partial charge in [-0.1, -0.05) is 30.3 Å². The van der Waals surface area contributed by atoms with Gasteiger partial charge in [0.1, 0.15) is 46.8 Å². The number of fused-ring (bicyclic) bond motifs is 1. The number of oxazole rings is 1. The predicted molar refractivity (Wildman–Crippen MR) is 151 cm³/mol. The molecule has 1 atom stereocenters. The van der Waals surface area contributed by atoms with E-state index in [2.05, 4.69) is 19.5 Å². The van der Waals surface area contributed by atoms with Crippen molar-refractivity contribution in [3.8, 4) is 34.2 Å². The van der Waals surface area contributed by atoms with Crippen LogP contribution in [0.2, 0.25) is 0 Å². The summed E-state index contributed by atoms with van der Waals surface area (Å²) in [7, 11) is 0. The Morgan fingerprint density at radius 2 is 1.77 bits per heavy atom. The zero-order chi connectivity index (χ0) is 27.9. The maximum Gasteiger partial charge on any atom is 0.410 e. The smallest absolute Gasteiger partial charge is 0.410 e. The van der Waals surface area contributed by atoms with Crippen LogP contribution in [0, 0.1) is 0 Å². The quantitative estimate of drug-likeness (QED) is 0.276. The van der Waals surface area contributed by atoms with Crippen molar-refractivity contribution in [3.05, 3.63) is 73.4 Å². The number of anilines is 1. The highest BCUT2D eigenvalue weighted by molar-refractivity contribution is 6.07. The Morgan fingerprint density at radius 3 is 2.48 bits per heavy atom. The molecule has 0 saturated carbocycles. The van der Waals surface area contributed by atoms with Gasteiger partial charge in [0, 0.05) is 18.7 Å². The number of nitrogens with zero attached hydrogens (tertiary/aromatic N) is 5. The van der Waals surface area contributed by atoms with Crippen LogP contribution in [0.3, 0.4) is 0 Å². The van der Waals surface area contributed by atoms with Crippen LogP contribution in [-0.2, 0) is 4.74 Å². The molecular weight excluding hydrogens is 508 g/mol. The molecule has 2 aromatic carbocycles. The number of aromatic nitrogens is 4. The number of para-hydroxylation sites is 1. The molecule has 6 rings (SSSR count). The second kappa shape index (κ2) is 10.0. The third kappa shape index (κ3) is 4.84. The third-order valence-corrected chi connectivity index (χ3v) is 6.75. The zero-order valence-electron chi connectivity index (χ0n) is 22.6. The summed E-state index contributed by atoms with van der Waals surface area (Å²) in [5.74, 6) is 2.22. The molecule has 0 unspecified atom stereocenters. The Morgan fingerprint density at radius 1 is 1.02 bits per heavy atom. The fraction of sp³-hybridized carbons (Fsp3) is 0.267. The molecule has 1 amide bonds. The summed E-state index contributed by atoms with van der Waals surface area (Å²) < 4.78 is 19.6. The van der Waals surface area contributed by atoms with Gasteiger partial charge in [-0.3, -0.25) is 0 Å². The second-order valence-electron chi connectivity index (χ2n) is 10.7. The number of likely N-dealkylation sites (tertiary alicyclic amines) is 1. The standard InChI is InChI=1S/C30H30N6O4/c1-30(2,3)40-29(37)35-15-13-20(17-35)36-25(28-32-14-16-38-28)23(24-26(31)33-18-34-27(24)36)19-9-11-22(12-10-19)39-21-7-5-4-6-8-21/h4-12,14,16,18,20H,13,15,17H2,1-3H3,(H2,31,33,34)/t20-/m1/s1. The van der Waals surface area contributed by atoms with E-state index in [0.29, 0.717) is 48.0 Å². The van der Waals surface area contributed by atoms with E-state index in [0.717, 1.165) is 22.6 Å². The number of carbonyl (C=O) groups excluding carboxylic acids is 1. The summed E-state index contributed by atoms with van der Waals surface area (Å²) in [6.07, 6.45) is 4.95. The maximum atomic E-state index is 12.9. The molecule has 0 bridgehead atoms. The van der Waals surface area contributed by atoms with E-state index in [1.165, 1.54) is 12.6 Å². The number of carbonyl (C=O) groups is 1. The van der Waals surface area contributed by atoms with Crippen molar-refractivity contribution in [2.75, 3.05) is 18.8 Å². The van der Waals surface area contributed by atoms with Gasteiger partial charge < -0.3 is 29.1 Å². The summed E-state index contributed by atoms with van der Waals surface area (Å²) in [5, 5.41) is 0.697. The van der Waals surface area contributed by atoms with Crippen molar-refractivity contribution in [1.29, 1.82) is 0 Å². The van der Waals surface area contributed by atoms with E-state index in [1.807, 2.05) is 75.4 Å². The molecule has 1 fully saturated rings. The maximum absolute atomic E-state index is 12.9. The largest absolute Gasteiger partial charge is 0.457 e. The first-order valence-corrected chi connectivity index (χ1v) is 13.1. The lowest BCUT2D eigenvalue weighted by atomic mass is 10.0. The Balaban J connectivity index is 1.45. The monoisotopic (exact) mass is 538 g/mol. The lowest BCUT2D eigenvalue weighted by Gasteiger charge is -2.24. The van der Waals surface area contributed by atoms with E-state index >= 15 is 0 Å². The van der Waals surface area contributed by atoms with Crippen molar-refractivity contribution in [2.45, 2.75) is 38.8 Å². The molecule has 3 aromatic heterocycles. The van der Waals surface area contributed by atoms with Crippen LogP contribution >= 0.6 is 0 Å². The minimum Gasteiger partial charge on any atom is -0.457 e. The minimum atomic E-state index is -0.580. The number of nitrogen functional groups attached to an aromatic ring is 1.